The molecule has 6 nitrogen and oxygen atoms in total. The summed E-state index contributed by atoms with van der Waals surface area (Å²) in [6, 6.07) is 10.6. The lowest BCUT2D eigenvalue weighted by Crippen LogP contribution is -2.21. The number of amides is 2. The van der Waals surface area contributed by atoms with Crippen molar-refractivity contribution in [3.8, 4) is 0 Å². The number of aryl methyl sites for hydroxylation is 1. The normalized spacial score (nSPS) is 11.2. The smallest absolute Gasteiger partial charge is 0.240 e. The van der Waals surface area contributed by atoms with Crippen molar-refractivity contribution in [2.75, 3.05) is 5.32 Å². The predicted molar refractivity (Wildman–Crippen MR) is 97.6 cm³/mol. The van der Waals surface area contributed by atoms with Crippen LogP contribution >= 0.6 is 11.6 Å². The minimum absolute atomic E-state index is 0.0569. The molecule has 1 aromatic carbocycles. The van der Waals surface area contributed by atoms with Gasteiger partial charge in [-0.25, -0.2) is 5.43 Å². The van der Waals surface area contributed by atoms with Crippen LogP contribution in [0.3, 0.4) is 0 Å². The lowest BCUT2D eigenvalue weighted by molar-refractivity contribution is -0.124. The third-order valence-corrected chi connectivity index (χ3v) is 3.61. The van der Waals surface area contributed by atoms with Crippen LogP contribution in [0.2, 0.25) is 5.02 Å². The third-order valence-electron chi connectivity index (χ3n) is 3.37. The third kappa shape index (κ3) is 7.22. The van der Waals surface area contributed by atoms with E-state index in [4.69, 9.17) is 16.0 Å². The molecule has 0 spiro atoms. The van der Waals surface area contributed by atoms with Gasteiger partial charge < -0.3 is 9.73 Å². The van der Waals surface area contributed by atoms with Crippen molar-refractivity contribution >= 4 is 34.8 Å². The minimum atomic E-state index is -0.307. The van der Waals surface area contributed by atoms with E-state index in [2.05, 4.69) is 15.8 Å². The predicted octanol–water partition coefficient (Wildman–Crippen LogP) is 3.78. The van der Waals surface area contributed by atoms with Crippen LogP contribution in [-0.4, -0.2) is 17.5 Å². The number of furan rings is 1. The Balaban J connectivity index is 1.67. The average molecular weight is 362 g/mol. The first kappa shape index (κ1) is 18.7. The molecule has 0 saturated carbocycles. The molecule has 132 valence electrons. The topological polar surface area (TPSA) is 83.7 Å². The molecule has 0 unspecified atom stereocenters. The molecule has 2 rings (SSSR count). The number of rotatable bonds is 8. The molecule has 7 heteroatoms. The number of benzene rings is 1. The van der Waals surface area contributed by atoms with Crippen molar-refractivity contribution in [1.82, 2.24) is 5.43 Å². The van der Waals surface area contributed by atoms with Crippen LogP contribution in [0.25, 0.3) is 0 Å². The molecule has 0 aliphatic heterocycles. The van der Waals surface area contributed by atoms with Gasteiger partial charge in [-0.3, -0.25) is 9.59 Å². The molecule has 0 bridgehead atoms. The zero-order valence-electron chi connectivity index (χ0n) is 13.9. The van der Waals surface area contributed by atoms with E-state index in [1.165, 1.54) is 0 Å². The minimum Gasteiger partial charge on any atom is -0.469 e. The second-order valence-corrected chi connectivity index (χ2v) is 5.96. The highest BCUT2D eigenvalue weighted by Gasteiger charge is 2.07. The summed E-state index contributed by atoms with van der Waals surface area (Å²) < 4.78 is 5.24. The van der Waals surface area contributed by atoms with Gasteiger partial charge in [0.15, 0.2) is 0 Å². The van der Waals surface area contributed by atoms with Crippen molar-refractivity contribution in [2.24, 2.45) is 5.10 Å². The fourth-order valence-electron chi connectivity index (χ4n) is 2.05. The highest BCUT2D eigenvalue weighted by atomic mass is 35.5. The summed E-state index contributed by atoms with van der Waals surface area (Å²) in [6.45, 7) is 1.83. The van der Waals surface area contributed by atoms with E-state index >= 15 is 0 Å². The number of carbonyl (C=O) groups is 2. The van der Waals surface area contributed by atoms with Crippen molar-refractivity contribution in [3.63, 3.8) is 0 Å². The number of carbonyl (C=O) groups excluding carboxylic acids is 2. The van der Waals surface area contributed by atoms with Gasteiger partial charge in [0.05, 0.1) is 6.26 Å². The van der Waals surface area contributed by atoms with Gasteiger partial charge in [-0.1, -0.05) is 17.7 Å². The Morgan fingerprint density at radius 3 is 2.64 bits per heavy atom. The molecule has 0 saturated heterocycles. The molecule has 1 heterocycles. The van der Waals surface area contributed by atoms with Crippen LogP contribution in [0.4, 0.5) is 5.69 Å². The first-order chi connectivity index (χ1) is 12.0. The Kier molecular flexibility index (Phi) is 7.22. The van der Waals surface area contributed by atoms with E-state index in [-0.39, 0.29) is 24.7 Å². The number of hydrazone groups is 1. The molecule has 0 atom stereocenters. The first-order valence-corrected chi connectivity index (χ1v) is 8.30. The van der Waals surface area contributed by atoms with Crippen LogP contribution in [0.15, 0.2) is 52.2 Å². The summed E-state index contributed by atoms with van der Waals surface area (Å²) in [5.74, 6) is 0.313. The quantitative estimate of drug-likeness (QED) is 0.554. The van der Waals surface area contributed by atoms with E-state index in [0.717, 1.165) is 17.9 Å². The molecule has 1 aromatic heterocycles. The van der Waals surface area contributed by atoms with Gasteiger partial charge in [0.25, 0.3) is 0 Å². The van der Waals surface area contributed by atoms with E-state index < -0.39 is 0 Å². The lowest BCUT2D eigenvalue weighted by Gasteiger charge is -2.05. The van der Waals surface area contributed by atoms with Gasteiger partial charge >= 0.3 is 0 Å². The Morgan fingerprint density at radius 1 is 1.12 bits per heavy atom. The fourth-order valence-corrected chi connectivity index (χ4v) is 2.24. The standard InChI is InChI=1S/C18H20ClN3O3/c1-13(7-8-16-6-3-11-25-16)21-22-18(24)10-9-17(23)20-15-5-2-4-14(19)12-15/h2-6,11-12H,7-10H2,1H3,(H,20,23)(H,22,24). The van der Waals surface area contributed by atoms with Crippen LogP contribution < -0.4 is 10.7 Å². The molecule has 2 N–H and O–H groups in total. The molecule has 25 heavy (non-hydrogen) atoms. The highest BCUT2D eigenvalue weighted by Crippen LogP contribution is 2.15. The van der Waals surface area contributed by atoms with Crippen molar-refractivity contribution < 1.29 is 14.0 Å². The first-order valence-electron chi connectivity index (χ1n) is 7.93. The molecule has 0 fully saturated rings. The van der Waals surface area contributed by atoms with Crippen LogP contribution in [0.1, 0.15) is 31.9 Å². The van der Waals surface area contributed by atoms with E-state index in [1.807, 2.05) is 19.1 Å². The highest BCUT2D eigenvalue weighted by molar-refractivity contribution is 6.30. The summed E-state index contributed by atoms with van der Waals surface area (Å²) in [5, 5.41) is 7.25. The second kappa shape index (κ2) is 9.64. The SMILES string of the molecule is CC(CCc1ccco1)=NNC(=O)CCC(=O)Nc1cccc(Cl)c1. The molecule has 0 aliphatic rings. The largest absolute Gasteiger partial charge is 0.469 e. The van der Waals surface area contributed by atoms with Gasteiger partial charge in [0, 0.05) is 35.7 Å². The zero-order chi connectivity index (χ0) is 18.1. The van der Waals surface area contributed by atoms with Gasteiger partial charge in [0.1, 0.15) is 5.76 Å². The number of nitrogens with one attached hydrogen (secondary N) is 2. The lowest BCUT2D eigenvalue weighted by atomic mass is 10.2. The molecule has 2 amide bonds. The number of hydrogen-bond donors (Lipinski definition) is 2. The number of anilines is 1. The Labute approximate surface area is 151 Å². The second-order valence-electron chi connectivity index (χ2n) is 5.52. The van der Waals surface area contributed by atoms with Crippen LogP contribution in [0.5, 0.6) is 0 Å². The summed E-state index contributed by atoms with van der Waals surface area (Å²) in [6.07, 6.45) is 3.15. The maximum absolute atomic E-state index is 11.8. The number of nitrogens with zero attached hydrogens (tertiary/aromatic N) is 1. The van der Waals surface area contributed by atoms with Gasteiger partial charge in [-0.05, 0) is 43.7 Å². The zero-order valence-corrected chi connectivity index (χ0v) is 14.7. The summed E-state index contributed by atoms with van der Waals surface area (Å²) >= 11 is 5.85. The van der Waals surface area contributed by atoms with Crippen molar-refractivity contribution in [1.29, 1.82) is 0 Å². The van der Waals surface area contributed by atoms with E-state index in [0.29, 0.717) is 17.1 Å². The summed E-state index contributed by atoms with van der Waals surface area (Å²) in [7, 11) is 0. The van der Waals surface area contributed by atoms with Crippen molar-refractivity contribution in [3.05, 3.63) is 53.4 Å². The molecule has 2 aromatic rings. The Hall–Kier alpha value is -2.60. The maximum atomic E-state index is 11.8. The summed E-state index contributed by atoms with van der Waals surface area (Å²) in [5.41, 5.74) is 3.85. The number of halogens is 1. The van der Waals surface area contributed by atoms with Crippen LogP contribution in [-0.2, 0) is 16.0 Å². The van der Waals surface area contributed by atoms with Gasteiger partial charge in [0.2, 0.25) is 11.8 Å². The monoisotopic (exact) mass is 361 g/mol. The van der Waals surface area contributed by atoms with Crippen molar-refractivity contribution in [2.45, 2.75) is 32.6 Å². The number of hydrogen-bond acceptors (Lipinski definition) is 4. The van der Waals surface area contributed by atoms with Crippen LogP contribution in [0, 0.1) is 0 Å². The van der Waals surface area contributed by atoms with E-state index in [1.54, 1.807) is 30.5 Å². The molecule has 0 radical (unpaired) electrons. The maximum Gasteiger partial charge on any atom is 0.240 e. The van der Waals surface area contributed by atoms with E-state index in [9.17, 15) is 9.59 Å². The molecular formula is C18H20ClN3O3. The average Bonchev–Trinajstić information content (AvgIpc) is 3.10. The Bertz CT molecular complexity index is 742. The fraction of sp³-hybridized carbons (Fsp3) is 0.278. The molecule has 0 aliphatic carbocycles. The van der Waals surface area contributed by atoms with Gasteiger partial charge in [-0.2, -0.15) is 5.10 Å². The van der Waals surface area contributed by atoms with Gasteiger partial charge in [-0.15, -0.1) is 0 Å². The Morgan fingerprint density at radius 2 is 1.92 bits per heavy atom. The molecular weight excluding hydrogens is 342 g/mol. The summed E-state index contributed by atoms with van der Waals surface area (Å²) in [4.78, 5) is 23.6.